The van der Waals surface area contributed by atoms with Crippen LogP contribution in [0.25, 0.3) is 0 Å². The standard InChI is InChI=1S/C15H17N3O3/c1-21-14(19)8-13-15(20)17-5-6-18(13)10-12-4-2-3-11(7-12)9-16/h2-4,7,13H,5-6,8,10H2,1H3,(H,17,20)/t13-/m1/s1. The summed E-state index contributed by atoms with van der Waals surface area (Å²) >= 11 is 0. The van der Waals surface area contributed by atoms with Gasteiger partial charge < -0.3 is 10.1 Å². The van der Waals surface area contributed by atoms with E-state index in [1.54, 1.807) is 12.1 Å². The van der Waals surface area contributed by atoms with Crippen molar-refractivity contribution in [1.82, 2.24) is 10.2 Å². The van der Waals surface area contributed by atoms with E-state index in [0.29, 0.717) is 25.2 Å². The first kappa shape index (κ1) is 15.0. The minimum atomic E-state index is -0.531. The normalized spacial score (nSPS) is 18.7. The minimum absolute atomic E-state index is 0.0280. The smallest absolute Gasteiger partial charge is 0.307 e. The number of carbonyl (C=O) groups excluding carboxylic acids is 2. The van der Waals surface area contributed by atoms with Crippen LogP contribution in [0.2, 0.25) is 0 Å². The molecule has 0 saturated carbocycles. The van der Waals surface area contributed by atoms with Gasteiger partial charge in [-0.2, -0.15) is 5.26 Å². The molecule has 2 rings (SSSR count). The van der Waals surface area contributed by atoms with E-state index in [9.17, 15) is 9.59 Å². The Hall–Kier alpha value is -2.39. The molecule has 1 amide bonds. The second kappa shape index (κ2) is 6.86. The number of nitrogens with one attached hydrogen (secondary N) is 1. The number of methoxy groups -OCH3 is 1. The van der Waals surface area contributed by atoms with Crippen molar-refractivity contribution in [3.05, 3.63) is 35.4 Å². The highest BCUT2D eigenvalue weighted by Crippen LogP contribution is 2.15. The Morgan fingerprint density at radius 1 is 1.57 bits per heavy atom. The third-order valence-electron chi connectivity index (χ3n) is 3.47. The molecular weight excluding hydrogens is 270 g/mol. The van der Waals surface area contributed by atoms with Crippen LogP contribution < -0.4 is 5.32 Å². The zero-order valence-corrected chi connectivity index (χ0v) is 11.8. The van der Waals surface area contributed by atoms with E-state index in [0.717, 1.165) is 5.56 Å². The summed E-state index contributed by atoms with van der Waals surface area (Å²) in [5.74, 6) is -0.573. The van der Waals surface area contributed by atoms with Crippen LogP contribution in [0.4, 0.5) is 0 Å². The summed E-state index contributed by atoms with van der Waals surface area (Å²) in [6.45, 7) is 1.73. The number of ether oxygens (including phenoxy) is 1. The van der Waals surface area contributed by atoms with Crippen LogP contribution in [0.15, 0.2) is 24.3 Å². The minimum Gasteiger partial charge on any atom is -0.469 e. The Balaban J connectivity index is 2.13. The molecule has 1 N–H and O–H groups in total. The van der Waals surface area contributed by atoms with Crippen LogP contribution >= 0.6 is 0 Å². The molecule has 21 heavy (non-hydrogen) atoms. The summed E-state index contributed by atoms with van der Waals surface area (Å²) in [7, 11) is 1.31. The summed E-state index contributed by atoms with van der Waals surface area (Å²) in [5.41, 5.74) is 1.53. The molecule has 1 aromatic rings. The van der Waals surface area contributed by atoms with Crippen molar-refractivity contribution in [3.63, 3.8) is 0 Å². The molecule has 6 nitrogen and oxygen atoms in total. The average Bonchev–Trinajstić information content (AvgIpc) is 2.50. The van der Waals surface area contributed by atoms with Crippen molar-refractivity contribution < 1.29 is 14.3 Å². The van der Waals surface area contributed by atoms with Gasteiger partial charge in [-0.3, -0.25) is 14.5 Å². The Morgan fingerprint density at radius 2 is 2.38 bits per heavy atom. The molecule has 110 valence electrons. The van der Waals surface area contributed by atoms with Crippen LogP contribution in [0.1, 0.15) is 17.5 Å². The SMILES string of the molecule is COC(=O)C[C@@H]1C(=O)NCCN1Cc1cccc(C#N)c1. The fraction of sp³-hybridized carbons (Fsp3) is 0.400. The summed E-state index contributed by atoms with van der Waals surface area (Å²) in [6.07, 6.45) is 0.0280. The summed E-state index contributed by atoms with van der Waals surface area (Å²) in [6, 6.07) is 8.81. The number of hydrogen-bond donors (Lipinski definition) is 1. The second-order valence-corrected chi connectivity index (χ2v) is 4.87. The molecule has 1 heterocycles. The summed E-state index contributed by atoms with van der Waals surface area (Å²) in [5, 5.41) is 11.7. The molecule has 0 aliphatic carbocycles. The summed E-state index contributed by atoms with van der Waals surface area (Å²) < 4.78 is 4.65. The van der Waals surface area contributed by atoms with E-state index < -0.39 is 12.0 Å². The molecule has 0 radical (unpaired) electrons. The van der Waals surface area contributed by atoms with Gasteiger partial charge in [-0.1, -0.05) is 12.1 Å². The average molecular weight is 287 g/mol. The number of piperazine rings is 1. The number of benzene rings is 1. The van der Waals surface area contributed by atoms with Crippen molar-refractivity contribution in [2.45, 2.75) is 19.0 Å². The number of rotatable bonds is 4. The van der Waals surface area contributed by atoms with Gasteiger partial charge in [0.25, 0.3) is 0 Å². The highest BCUT2D eigenvalue weighted by atomic mass is 16.5. The number of nitriles is 1. The lowest BCUT2D eigenvalue weighted by molar-refractivity contribution is -0.146. The maximum Gasteiger partial charge on any atom is 0.307 e. The molecule has 6 heteroatoms. The van der Waals surface area contributed by atoms with Crippen molar-refractivity contribution in [2.24, 2.45) is 0 Å². The maximum atomic E-state index is 12.0. The number of carbonyl (C=O) groups is 2. The topological polar surface area (TPSA) is 82.4 Å². The number of esters is 1. The molecule has 0 unspecified atom stereocenters. The molecule has 1 fully saturated rings. The number of nitrogens with zero attached hydrogens (tertiary/aromatic N) is 2. The third kappa shape index (κ3) is 3.80. The maximum absolute atomic E-state index is 12.0. The predicted octanol–water partition coefficient (Wildman–Crippen LogP) is 0.422. The van der Waals surface area contributed by atoms with Crippen LogP contribution in [0, 0.1) is 11.3 Å². The van der Waals surface area contributed by atoms with Gasteiger partial charge in [0.05, 0.1) is 25.2 Å². The number of amides is 1. The van der Waals surface area contributed by atoms with E-state index in [4.69, 9.17) is 5.26 Å². The Labute approximate surface area is 123 Å². The van der Waals surface area contributed by atoms with E-state index in [-0.39, 0.29) is 12.3 Å². The van der Waals surface area contributed by atoms with E-state index in [1.165, 1.54) is 7.11 Å². The van der Waals surface area contributed by atoms with E-state index >= 15 is 0 Å². The van der Waals surface area contributed by atoms with Crippen molar-refractivity contribution >= 4 is 11.9 Å². The monoisotopic (exact) mass is 287 g/mol. The first-order valence-electron chi connectivity index (χ1n) is 6.71. The Morgan fingerprint density at radius 3 is 3.10 bits per heavy atom. The number of hydrogen-bond acceptors (Lipinski definition) is 5. The zero-order valence-electron chi connectivity index (χ0n) is 11.8. The Kier molecular flexibility index (Phi) is 4.90. The lowest BCUT2D eigenvalue weighted by Gasteiger charge is -2.34. The second-order valence-electron chi connectivity index (χ2n) is 4.87. The lowest BCUT2D eigenvalue weighted by atomic mass is 10.1. The van der Waals surface area contributed by atoms with Crippen molar-refractivity contribution in [3.8, 4) is 6.07 Å². The quantitative estimate of drug-likeness (QED) is 0.812. The molecule has 1 saturated heterocycles. The van der Waals surface area contributed by atoms with Crippen LogP contribution in [0.3, 0.4) is 0 Å². The first-order valence-corrected chi connectivity index (χ1v) is 6.71. The molecule has 0 aromatic heterocycles. The molecular formula is C15H17N3O3. The van der Waals surface area contributed by atoms with Gasteiger partial charge in [-0.15, -0.1) is 0 Å². The molecule has 0 spiro atoms. The van der Waals surface area contributed by atoms with Gasteiger partial charge in [0.1, 0.15) is 6.04 Å². The van der Waals surface area contributed by atoms with Gasteiger partial charge in [0.2, 0.25) is 5.91 Å². The highest BCUT2D eigenvalue weighted by Gasteiger charge is 2.31. The van der Waals surface area contributed by atoms with E-state index in [1.807, 2.05) is 17.0 Å². The van der Waals surface area contributed by atoms with Gasteiger partial charge in [0, 0.05) is 19.6 Å². The molecule has 0 bridgehead atoms. The zero-order chi connectivity index (χ0) is 15.2. The van der Waals surface area contributed by atoms with Gasteiger partial charge in [-0.05, 0) is 17.7 Å². The van der Waals surface area contributed by atoms with Gasteiger partial charge >= 0.3 is 5.97 Å². The predicted molar refractivity (Wildman–Crippen MR) is 75.0 cm³/mol. The molecule has 1 atom stereocenters. The largest absolute Gasteiger partial charge is 0.469 e. The highest BCUT2D eigenvalue weighted by molar-refractivity contribution is 5.87. The van der Waals surface area contributed by atoms with Crippen LogP contribution in [-0.4, -0.2) is 43.0 Å². The van der Waals surface area contributed by atoms with E-state index in [2.05, 4.69) is 16.1 Å². The fourth-order valence-electron chi connectivity index (χ4n) is 2.39. The van der Waals surface area contributed by atoms with Crippen molar-refractivity contribution in [1.29, 1.82) is 5.26 Å². The Bertz CT molecular complexity index is 580. The van der Waals surface area contributed by atoms with Gasteiger partial charge in [-0.25, -0.2) is 0 Å². The molecule has 1 aliphatic heterocycles. The summed E-state index contributed by atoms with van der Waals surface area (Å²) in [4.78, 5) is 25.3. The third-order valence-corrected chi connectivity index (χ3v) is 3.47. The fourth-order valence-corrected chi connectivity index (χ4v) is 2.39. The van der Waals surface area contributed by atoms with Crippen LogP contribution in [0.5, 0.6) is 0 Å². The van der Waals surface area contributed by atoms with Crippen molar-refractivity contribution in [2.75, 3.05) is 20.2 Å². The molecule has 1 aromatic carbocycles. The first-order chi connectivity index (χ1) is 10.1. The van der Waals surface area contributed by atoms with Gasteiger partial charge in [0.15, 0.2) is 0 Å². The van der Waals surface area contributed by atoms with Crippen LogP contribution in [-0.2, 0) is 20.9 Å². The lowest BCUT2D eigenvalue weighted by Crippen LogP contribution is -2.55. The molecule has 1 aliphatic rings.